The Kier molecular flexibility index (Phi) is 6.31. The normalized spacial score (nSPS) is 17.8. The third-order valence-electron chi connectivity index (χ3n) is 6.50. The number of piperazine rings is 1. The molecular formula is C26H31N3O3. The van der Waals surface area contributed by atoms with Crippen molar-refractivity contribution in [3.63, 3.8) is 0 Å². The molecule has 0 radical (unpaired) electrons. The largest absolute Gasteiger partial charge is 0.338 e. The fourth-order valence-electron chi connectivity index (χ4n) is 4.76. The molecule has 168 valence electrons. The molecule has 2 aromatic rings. The smallest absolute Gasteiger partial charge is 0.312 e. The van der Waals surface area contributed by atoms with E-state index in [2.05, 4.69) is 6.07 Å². The van der Waals surface area contributed by atoms with Crippen LogP contribution in [-0.2, 0) is 16.1 Å². The van der Waals surface area contributed by atoms with E-state index < -0.39 is 11.8 Å². The van der Waals surface area contributed by atoms with E-state index in [-0.39, 0.29) is 11.9 Å². The van der Waals surface area contributed by atoms with Crippen LogP contribution < -0.4 is 0 Å². The van der Waals surface area contributed by atoms with Gasteiger partial charge in [0.15, 0.2) is 0 Å². The maximum absolute atomic E-state index is 12.9. The van der Waals surface area contributed by atoms with Gasteiger partial charge in [-0.25, -0.2) is 0 Å². The topological polar surface area (TPSA) is 60.9 Å². The lowest BCUT2D eigenvalue weighted by Crippen LogP contribution is -2.59. The molecule has 2 aromatic carbocycles. The first-order valence-corrected chi connectivity index (χ1v) is 11.3. The summed E-state index contributed by atoms with van der Waals surface area (Å²) in [6.07, 6.45) is 1.40. The van der Waals surface area contributed by atoms with Crippen LogP contribution in [0.5, 0.6) is 0 Å². The van der Waals surface area contributed by atoms with E-state index in [9.17, 15) is 14.4 Å². The fraction of sp³-hybridized carbons (Fsp3) is 0.423. The van der Waals surface area contributed by atoms with Crippen molar-refractivity contribution in [1.29, 1.82) is 0 Å². The molecule has 2 heterocycles. The lowest BCUT2D eigenvalue weighted by Gasteiger charge is -2.42. The maximum atomic E-state index is 12.9. The molecule has 32 heavy (non-hydrogen) atoms. The number of benzene rings is 2. The summed E-state index contributed by atoms with van der Waals surface area (Å²) in [5.74, 6) is -0.798. The minimum absolute atomic E-state index is 0.0104. The standard InChI is InChI=1S/C26H31N3O3/c1-18-4-6-21(7-5-18)17-28-12-13-29(26(32)25(28)31)23-8-10-27(11-9-23)24(30)22-15-19(2)14-20(3)16-22/h4-7,14-16,23H,8-13,17H2,1-3H3. The number of piperidine rings is 1. The second-order valence-corrected chi connectivity index (χ2v) is 9.11. The van der Waals surface area contributed by atoms with Gasteiger partial charge < -0.3 is 14.7 Å². The minimum atomic E-state index is -0.425. The predicted molar refractivity (Wildman–Crippen MR) is 123 cm³/mol. The van der Waals surface area contributed by atoms with Crippen LogP contribution in [0.4, 0.5) is 0 Å². The van der Waals surface area contributed by atoms with Gasteiger partial charge in [0.2, 0.25) is 0 Å². The first-order valence-electron chi connectivity index (χ1n) is 11.3. The van der Waals surface area contributed by atoms with Gasteiger partial charge >= 0.3 is 11.8 Å². The Bertz CT molecular complexity index is 1000. The van der Waals surface area contributed by atoms with E-state index in [0.29, 0.717) is 45.6 Å². The van der Waals surface area contributed by atoms with E-state index >= 15 is 0 Å². The second kappa shape index (κ2) is 9.15. The van der Waals surface area contributed by atoms with Gasteiger partial charge in [0.05, 0.1) is 0 Å². The number of carbonyl (C=O) groups excluding carboxylic acids is 3. The van der Waals surface area contributed by atoms with E-state index in [1.807, 2.05) is 62.1 Å². The molecular weight excluding hydrogens is 402 g/mol. The number of hydrogen-bond donors (Lipinski definition) is 0. The Labute approximate surface area is 189 Å². The number of carbonyl (C=O) groups is 3. The van der Waals surface area contributed by atoms with Gasteiger partial charge in [0, 0.05) is 44.3 Å². The molecule has 2 saturated heterocycles. The van der Waals surface area contributed by atoms with E-state index in [0.717, 1.165) is 22.3 Å². The second-order valence-electron chi connectivity index (χ2n) is 9.11. The molecule has 0 atom stereocenters. The lowest BCUT2D eigenvalue weighted by molar-refractivity contribution is -0.158. The Morgan fingerprint density at radius 3 is 2.06 bits per heavy atom. The molecule has 6 heteroatoms. The molecule has 0 unspecified atom stereocenters. The van der Waals surface area contributed by atoms with Crippen molar-refractivity contribution in [2.45, 2.75) is 46.2 Å². The zero-order valence-electron chi connectivity index (χ0n) is 19.1. The van der Waals surface area contributed by atoms with Crippen molar-refractivity contribution >= 4 is 17.7 Å². The van der Waals surface area contributed by atoms with Gasteiger partial charge in [-0.3, -0.25) is 14.4 Å². The van der Waals surface area contributed by atoms with E-state index in [4.69, 9.17) is 0 Å². The Hall–Kier alpha value is -3.15. The third kappa shape index (κ3) is 4.69. The zero-order chi connectivity index (χ0) is 22.8. The van der Waals surface area contributed by atoms with Crippen LogP contribution in [-0.4, -0.2) is 64.6 Å². The number of aryl methyl sites for hydroxylation is 3. The number of nitrogens with zero attached hydrogens (tertiary/aromatic N) is 3. The van der Waals surface area contributed by atoms with Crippen molar-refractivity contribution in [1.82, 2.24) is 14.7 Å². The zero-order valence-corrected chi connectivity index (χ0v) is 19.1. The third-order valence-corrected chi connectivity index (χ3v) is 6.50. The highest BCUT2D eigenvalue weighted by atomic mass is 16.2. The van der Waals surface area contributed by atoms with Gasteiger partial charge in [0.1, 0.15) is 0 Å². The van der Waals surface area contributed by atoms with Crippen molar-refractivity contribution in [2.24, 2.45) is 0 Å². The monoisotopic (exact) mass is 433 g/mol. The molecule has 0 aromatic heterocycles. The minimum Gasteiger partial charge on any atom is -0.338 e. The van der Waals surface area contributed by atoms with Crippen LogP contribution in [0.15, 0.2) is 42.5 Å². The van der Waals surface area contributed by atoms with Gasteiger partial charge in [0.25, 0.3) is 5.91 Å². The molecule has 3 amide bonds. The summed E-state index contributed by atoms with van der Waals surface area (Å²) in [7, 11) is 0. The molecule has 0 N–H and O–H groups in total. The summed E-state index contributed by atoms with van der Waals surface area (Å²) in [6, 6.07) is 14.0. The molecule has 2 fully saturated rings. The number of rotatable bonds is 4. The molecule has 2 aliphatic rings. The summed E-state index contributed by atoms with van der Waals surface area (Å²) in [6.45, 7) is 8.77. The van der Waals surface area contributed by atoms with Gasteiger partial charge in [-0.15, -0.1) is 0 Å². The van der Waals surface area contributed by atoms with Crippen LogP contribution in [0.3, 0.4) is 0 Å². The Balaban J connectivity index is 1.34. The molecule has 6 nitrogen and oxygen atoms in total. The van der Waals surface area contributed by atoms with E-state index in [1.54, 1.807) is 9.80 Å². The molecule has 2 aliphatic heterocycles. The summed E-state index contributed by atoms with van der Waals surface area (Å²) >= 11 is 0. The average molecular weight is 434 g/mol. The summed E-state index contributed by atoms with van der Waals surface area (Å²) in [5.41, 5.74) is 5.08. The van der Waals surface area contributed by atoms with Crippen molar-refractivity contribution < 1.29 is 14.4 Å². The highest BCUT2D eigenvalue weighted by Crippen LogP contribution is 2.22. The van der Waals surface area contributed by atoms with Crippen molar-refractivity contribution in [3.05, 3.63) is 70.3 Å². The highest BCUT2D eigenvalue weighted by molar-refractivity contribution is 6.35. The number of likely N-dealkylation sites (tertiary alicyclic amines) is 1. The Morgan fingerprint density at radius 2 is 1.44 bits per heavy atom. The van der Waals surface area contributed by atoms with Gasteiger partial charge in [-0.2, -0.15) is 0 Å². The summed E-state index contributed by atoms with van der Waals surface area (Å²) < 4.78 is 0. The van der Waals surface area contributed by atoms with E-state index in [1.165, 1.54) is 5.56 Å². The number of hydrogen-bond acceptors (Lipinski definition) is 3. The molecule has 4 rings (SSSR count). The van der Waals surface area contributed by atoms with Crippen molar-refractivity contribution in [3.8, 4) is 0 Å². The molecule has 0 aliphatic carbocycles. The van der Waals surface area contributed by atoms with Crippen LogP contribution in [0.25, 0.3) is 0 Å². The quantitative estimate of drug-likeness (QED) is 0.697. The summed E-state index contributed by atoms with van der Waals surface area (Å²) in [5, 5.41) is 0. The van der Waals surface area contributed by atoms with Gasteiger partial charge in [-0.05, 0) is 51.3 Å². The lowest BCUT2D eigenvalue weighted by atomic mass is 10.00. The number of amides is 3. The highest BCUT2D eigenvalue weighted by Gasteiger charge is 2.38. The average Bonchev–Trinajstić information content (AvgIpc) is 2.77. The van der Waals surface area contributed by atoms with Crippen molar-refractivity contribution in [2.75, 3.05) is 26.2 Å². The van der Waals surface area contributed by atoms with Crippen LogP contribution >= 0.6 is 0 Å². The van der Waals surface area contributed by atoms with Crippen LogP contribution in [0, 0.1) is 20.8 Å². The Morgan fingerprint density at radius 1 is 0.812 bits per heavy atom. The van der Waals surface area contributed by atoms with Gasteiger partial charge in [-0.1, -0.05) is 47.0 Å². The van der Waals surface area contributed by atoms with Crippen LogP contribution in [0.2, 0.25) is 0 Å². The molecule has 0 spiro atoms. The fourth-order valence-corrected chi connectivity index (χ4v) is 4.76. The SMILES string of the molecule is Cc1ccc(CN2CCN(C3CCN(C(=O)c4cc(C)cc(C)c4)CC3)C(=O)C2=O)cc1. The molecule has 0 saturated carbocycles. The van der Waals surface area contributed by atoms with Crippen LogP contribution in [0.1, 0.15) is 45.5 Å². The molecule has 0 bridgehead atoms. The predicted octanol–water partition coefficient (Wildman–Crippen LogP) is 3.09. The summed E-state index contributed by atoms with van der Waals surface area (Å²) in [4.78, 5) is 43.7. The first kappa shape index (κ1) is 22.1. The maximum Gasteiger partial charge on any atom is 0.312 e. The first-order chi connectivity index (χ1) is 15.3.